The Balaban J connectivity index is 3.33. The molecule has 0 aromatic heterocycles. The topological polar surface area (TPSA) is 95.9 Å². The highest BCUT2D eigenvalue weighted by atomic mass is 16.5. The molecule has 0 fully saturated rings. The van der Waals surface area contributed by atoms with E-state index in [1.807, 2.05) is 0 Å². The lowest BCUT2D eigenvalue weighted by molar-refractivity contribution is -0.143. The molecule has 2 unspecified atom stereocenters. The van der Waals surface area contributed by atoms with Crippen molar-refractivity contribution in [3.63, 3.8) is 0 Å². The summed E-state index contributed by atoms with van der Waals surface area (Å²) in [6, 6.07) is -0.537. The maximum absolute atomic E-state index is 12.4. The molecule has 0 heterocycles. The summed E-state index contributed by atoms with van der Waals surface area (Å²) in [5.41, 5.74) is 0. The van der Waals surface area contributed by atoms with E-state index in [2.05, 4.69) is 43.5 Å². The summed E-state index contributed by atoms with van der Waals surface area (Å²) in [6.45, 7) is 4.96. The fourth-order valence-electron chi connectivity index (χ4n) is 10.8. The largest absolute Gasteiger partial charge is 0.466 e. The van der Waals surface area contributed by atoms with Crippen molar-refractivity contribution >= 4 is 11.9 Å². The third-order valence-corrected chi connectivity index (χ3v) is 16.0. The summed E-state index contributed by atoms with van der Waals surface area (Å²) in [5.74, 6) is -0.0135. The lowest BCUT2D eigenvalue weighted by atomic mass is 10.0. The van der Waals surface area contributed by atoms with E-state index in [1.54, 1.807) is 0 Å². The molecule has 6 heteroatoms. The Bertz CT molecular complexity index is 1170. The molecule has 3 N–H and O–H groups in total. The van der Waals surface area contributed by atoms with Gasteiger partial charge in [-0.1, -0.05) is 334 Å². The van der Waals surface area contributed by atoms with Gasteiger partial charge in [-0.3, -0.25) is 9.59 Å². The number of nitrogens with one attached hydrogen (secondary N) is 1. The van der Waals surface area contributed by atoms with Crippen molar-refractivity contribution in [1.82, 2.24) is 5.32 Å². The minimum atomic E-state index is -0.660. The van der Waals surface area contributed by atoms with E-state index in [1.165, 1.54) is 302 Å². The summed E-state index contributed by atoms with van der Waals surface area (Å²) in [6.07, 6.45) is 81.0. The molecule has 0 radical (unpaired) electrons. The van der Waals surface area contributed by atoms with Crippen molar-refractivity contribution in [2.75, 3.05) is 13.2 Å². The number of aliphatic hydroxyl groups excluding tert-OH is 2. The van der Waals surface area contributed by atoms with Crippen LogP contribution in [0.25, 0.3) is 0 Å². The van der Waals surface area contributed by atoms with E-state index >= 15 is 0 Å². The van der Waals surface area contributed by atoms with Crippen LogP contribution in [0.4, 0.5) is 0 Å². The van der Waals surface area contributed by atoms with Crippen molar-refractivity contribution in [3.8, 4) is 0 Å². The predicted octanol–water partition coefficient (Wildman–Crippen LogP) is 21.8. The maximum atomic E-state index is 12.4. The van der Waals surface area contributed by atoms with E-state index in [0.29, 0.717) is 25.9 Å². The van der Waals surface area contributed by atoms with Gasteiger partial charge in [0.2, 0.25) is 5.91 Å². The quantitative estimate of drug-likeness (QED) is 0.0320. The molecule has 0 aromatic rings. The molecular formula is C69H133NO5. The van der Waals surface area contributed by atoms with E-state index in [9.17, 15) is 19.8 Å². The molecule has 0 aliphatic rings. The van der Waals surface area contributed by atoms with Crippen LogP contribution >= 0.6 is 0 Å². The van der Waals surface area contributed by atoms with Gasteiger partial charge in [0.1, 0.15) is 0 Å². The first-order valence-electron chi connectivity index (χ1n) is 34.1. The number of hydrogen-bond acceptors (Lipinski definition) is 5. The first-order valence-corrected chi connectivity index (χ1v) is 34.1. The molecular weight excluding hydrogens is 923 g/mol. The number of esters is 1. The van der Waals surface area contributed by atoms with Gasteiger partial charge in [0, 0.05) is 12.8 Å². The second-order valence-corrected chi connectivity index (χ2v) is 23.5. The van der Waals surface area contributed by atoms with Gasteiger partial charge >= 0.3 is 5.97 Å². The van der Waals surface area contributed by atoms with E-state index < -0.39 is 12.1 Å². The number of carbonyl (C=O) groups excluding carboxylic acids is 2. The molecule has 0 saturated carbocycles. The highest BCUT2D eigenvalue weighted by Crippen LogP contribution is 2.18. The van der Waals surface area contributed by atoms with Gasteiger partial charge in [-0.05, 0) is 57.8 Å². The van der Waals surface area contributed by atoms with Crippen LogP contribution in [0, 0.1) is 0 Å². The van der Waals surface area contributed by atoms with Gasteiger partial charge in [0.15, 0.2) is 0 Å². The second kappa shape index (κ2) is 64.9. The molecule has 0 aliphatic carbocycles. The Morgan fingerprint density at radius 2 is 0.667 bits per heavy atom. The zero-order valence-electron chi connectivity index (χ0n) is 50.8. The van der Waals surface area contributed by atoms with Crippen molar-refractivity contribution in [3.05, 3.63) is 24.3 Å². The smallest absolute Gasteiger partial charge is 0.305 e. The molecule has 0 rings (SSSR count). The third-order valence-electron chi connectivity index (χ3n) is 16.0. The van der Waals surface area contributed by atoms with Crippen molar-refractivity contribution in [1.29, 1.82) is 0 Å². The van der Waals surface area contributed by atoms with Gasteiger partial charge in [-0.2, -0.15) is 0 Å². The molecule has 0 aliphatic heterocycles. The number of allylic oxidation sites excluding steroid dienone is 4. The molecule has 6 nitrogen and oxygen atoms in total. The Kier molecular flexibility index (Phi) is 63.4. The number of amides is 1. The lowest BCUT2D eigenvalue weighted by Crippen LogP contribution is -2.45. The number of hydrogen-bond donors (Lipinski definition) is 3. The summed E-state index contributed by atoms with van der Waals surface area (Å²) >= 11 is 0. The predicted molar refractivity (Wildman–Crippen MR) is 329 cm³/mol. The van der Waals surface area contributed by atoms with Crippen molar-refractivity contribution in [2.24, 2.45) is 0 Å². The minimum Gasteiger partial charge on any atom is -0.466 e. The van der Waals surface area contributed by atoms with Gasteiger partial charge in [-0.25, -0.2) is 0 Å². The summed E-state index contributed by atoms with van der Waals surface area (Å²) in [7, 11) is 0. The Morgan fingerprint density at radius 1 is 0.373 bits per heavy atom. The van der Waals surface area contributed by atoms with Crippen molar-refractivity contribution in [2.45, 2.75) is 392 Å². The summed E-state index contributed by atoms with van der Waals surface area (Å²) < 4.78 is 5.47. The van der Waals surface area contributed by atoms with Crippen LogP contribution in [-0.4, -0.2) is 47.4 Å². The van der Waals surface area contributed by atoms with Gasteiger partial charge < -0.3 is 20.3 Å². The van der Waals surface area contributed by atoms with E-state index in [-0.39, 0.29) is 18.5 Å². The molecule has 0 saturated heterocycles. The molecule has 444 valence electrons. The number of unbranched alkanes of at least 4 members (excludes halogenated alkanes) is 49. The fourth-order valence-corrected chi connectivity index (χ4v) is 10.8. The number of rotatable bonds is 64. The van der Waals surface area contributed by atoms with E-state index in [4.69, 9.17) is 4.74 Å². The molecule has 0 spiro atoms. The second-order valence-electron chi connectivity index (χ2n) is 23.5. The third kappa shape index (κ3) is 61.4. The Labute approximate surface area is 469 Å². The minimum absolute atomic E-state index is 0.0188. The molecule has 75 heavy (non-hydrogen) atoms. The average molecular weight is 1060 g/mol. The van der Waals surface area contributed by atoms with Gasteiger partial charge in [0.25, 0.3) is 0 Å². The summed E-state index contributed by atoms with van der Waals surface area (Å²) in [4.78, 5) is 24.4. The lowest BCUT2D eigenvalue weighted by Gasteiger charge is -2.22. The van der Waals surface area contributed by atoms with Crippen LogP contribution in [0.5, 0.6) is 0 Å². The molecule has 1 amide bonds. The molecule has 2 atom stereocenters. The zero-order valence-corrected chi connectivity index (χ0v) is 50.8. The molecule has 0 aromatic carbocycles. The highest BCUT2D eigenvalue weighted by molar-refractivity contribution is 5.76. The standard InChI is InChI=1S/C69H133NO5/c1-3-5-7-9-11-13-42-47-51-55-59-63-69(74)75-64-60-56-52-48-44-41-39-37-35-33-31-29-27-25-23-21-19-17-15-16-18-20-22-24-26-28-30-32-34-36-38-40-43-46-50-54-58-62-68(73)70-66(65-71)67(72)61-57-53-49-45-14-12-10-8-6-4-2/h15,17,21,23,66-67,71-72H,3-14,16,18-20,22,24-65H2,1-2H3,(H,70,73)/b17-15-,23-21-. The Morgan fingerprint density at radius 3 is 1.01 bits per heavy atom. The van der Waals surface area contributed by atoms with Crippen LogP contribution in [0.3, 0.4) is 0 Å². The normalized spacial score (nSPS) is 12.6. The first-order chi connectivity index (χ1) is 37.0. The van der Waals surface area contributed by atoms with Crippen LogP contribution in [0.2, 0.25) is 0 Å². The van der Waals surface area contributed by atoms with Gasteiger partial charge in [0.05, 0.1) is 25.4 Å². The fraction of sp³-hybridized carbons (Fsp3) is 0.913. The average Bonchev–Trinajstić information content (AvgIpc) is 3.41. The van der Waals surface area contributed by atoms with E-state index in [0.717, 1.165) is 44.9 Å². The van der Waals surface area contributed by atoms with Crippen molar-refractivity contribution < 1.29 is 24.5 Å². The zero-order chi connectivity index (χ0) is 54.3. The highest BCUT2D eigenvalue weighted by Gasteiger charge is 2.20. The van der Waals surface area contributed by atoms with Crippen LogP contribution < -0.4 is 5.32 Å². The maximum Gasteiger partial charge on any atom is 0.305 e. The Hall–Kier alpha value is -1.66. The number of carbonyl (C=O) groups is 2. The van der Waals surface area contributed by atoms with Crippen LogP contribution in [0.15, 0.2) is 24.3 Å². The van der Waals surface area contributed by atoms with Crippen LogP contribution in [-0.2, 0) is 14.3 Å². The summed E-state index contributed by atoms with van der Waals surface area (Å²) in [5, 5.41) is 23.2. The monoisotopic (exact) mass is 1060 g/mol. The first kappa shape index (κ1) is 73.3. The number of ether oxygens (including phenoxy) is 1. The van der Waals surface area contributed by atoms with Crippen LogP contribution in [0.1, 0.15) is 380 Å². The SMILES string of the molecule is CCCCCCCCCCCCCC(=O)OCCCCCCCCCCCCCCC/C=C\C/C=C\CCCCCCCCCCCCCCCCCCCC(=O)NC(CO)C(O)CCCCCCCCCCCC. The number of aliphatic hydroxyl groups is 2. The van der Waals surface area contributed by atoms with Gasteiger partial charge in [-0.15, -0.1) is 0 Å². The molecule has 0 bridgehead atoms.